The van der Waals surface area contributed by atoms with Gasteiger partial charge in [-0.05, 0) is 120 Å². The van der Waals surface area contributed by atoms with Crippen molar-refractivity contribution in [3.63, 3.8) is 0 Å². The van der Waals surface area contributed by atoms with Crippen LogP contribution in [0.4, 0.5) is 34.1 Å². The molecule has 0 atom stereocenters. The molecular weight excluding hydrogens is 983 g/mol. The normalized spacial score (nSPS) is 12.5. The molecule has 0 aliphatic carbocycles. The fourth-order valence-electron chi connectivity index (χ4n) is 9.39. The summed E-state index contributed by atoms with van der Waals surface area (Å²) in [4.78, 5) is 87.2. The number of benzene rings is 4. The first-order chi connectivity index (χ1) is 36.6. The Labute approximate surface area is 438 Å². The second-order valence-corrected chi connectivity index (χ2v) is 19.8. The summed E-state index contributed by atoms with van der Waals surface area (Å²) in [5.74, 6) is -0.503. The van der Waals surface area contributed by atoms with Gasteiger partial charge in [0.2, 0.25) is 21.7 Å². The van der Waals surface area contributed by atoms with Gasteiger partial charge in [0.15, 0.2) is 0 Å². The molecule has 0 bridgehead atoms. The quantitative estimate of drug-likeness (QED) is 0.0471. The number of piperidine rings is 1. The molecule has 75 heavy (non-hydrogen) atoms. The summed E-state index contributed by atoms with van der Waals surface area (Å²) in [6.45, 7) is 4.69. The lowest BCUT2D eigenvalue weighted by Crippen LogP contribution is -2.39. The van der Waals surface area contributed by atoms with E-state index in [-0.39, 0.29) is 11.8 Å². The van der Waals surface area contributed by atoms with E-state index in [1.807, 2.05) is 83.6 Å². The summed E-state index contributed by atoms with van der Waals surface area (Å²) in [6.07, 6.45) is 7.25. The molecule has 5 heterocycles. The highest BCUT2D eigenvalue weighted by atomic mass is 32.1. The maximum absolute atomic E-state index is 13.3. The molecule has 6 N–H and O–H groups in total. The number of carbonyl (C=O) groups is 2. The van der Waals surface area contributed by atoms with Crippen LogP contribution in [0, 0.1) is 0 Å². The molecule has 10 aromatic rings. The maximum atomic E-state index is 13.3. The lowest BCUT2D eigenvalue weighted by atomic mass is 9.98. The first-order valence-electron chi connectivity index (χ1n) is 24.6. The van der Waals surface area contributed by atoms with Crippen LogP contribution in [0.2, 0.25) is 0 Å². The lowest BCUT2D eigenvalue weighted by Gasteiger charge is -2.26. The number of amides is 2. The Bertz CT molecular complexity index is 3850. The topological polar surface area (TPSA) is 204 Å². The minimum Gasteiger partial charge on any atom is -0.384 e. The number of anilines is 6. The van der Waals surface area contributed by atoms with Gasteiger partial charge in [0.25, 0.3) is 11.8 Å². The van der Waals surface area contributed by atoms with Crippen LogP contribution in [0.1, 0.15) is 49.7 Å². The maximum Gasteiger partial charge on any atom is 0.267 e. The number of hydrogen-bond acceptors (Lipinski definition) is 15. The van der Waals surface area contributed by atoms with Gasteiger partial charge >= 0.3 is 0 Å². The monoisotopic (exact) mass is 1030 g/mol. The zero-order valence-corrected chi connectivity index (χ0v) is 42.5. The number of nitrogens with one attached hydrogen (secondary N) is 6. The number of hydrogen-bond donors (Lipinski definition) is 6. The van der Waals surface area contributed by atoms with Crippen molar-refractivity contribution in [1.29, 1.82) is 0 Å². The van der Waals surface area contributed by atoms with Crippen molar-refractivity contribution in [2.24, 2.45) is 0 Å². The first-order valence-corrected chi connectivity index (χ1v) is 26.3. The molecule has 0 radical (unpaired) electrons. The Hall–Kier alpha value is -8.64. The standard InChI is InChI=1S/C32H31N5O3S.C26H20N4O3S/c38-29-27(28(30(29)39)34-14-17-37-15-4-1-5-16-37)21-7-6-8-23(19-21)36-32(40)31-26(12-18-41-31)35-20-22-11-13-33-25-10-3-2-9-24(22)25;1-27-22-21(23(31)24(22)32)15-5-4-6-17(13-15)30-26(33)25-20(10-12-34-25)29-14-16-9-11-28-19-8-3-2-7-18(16)19/h2-3,6-13,18-19,34-35H,1,4-5,14-17,20H2,(H,36,40);2-13,27,29H,14H2,1H3,(H,30,33). The molecular formula is C58H51N9O6S2. The predicted octanol–water partition coefficient (Wildman–Crippen LogP) is 9.79. The van der Waals surface area contributed by atoms with E-state index < -0.39 is 21.7 Å². The van der Waals surface area contributed by atoms with Crippen LogP contribution < -0.4 is 53.6 Å². The van der Waals surface area contributed by atoms with E-state index in [4.69, 9.17) is 0 Å². The second kappa shape index (κ2) is 22.6. The van der Waals surface area contributed by atoms with Crippen molar-refractivity contribution < 1.29 is 9.59 Å². The van der Waals surface area contributed by atoms with E-state index in [1.165, 1.54) is 41.9 Å². The van der Waals surface area contributed by atoms with Gasteiger partial charge in [-0.1, -0.05) is 67.1 Å². The van der Waals surface area contributed by atoms with Crippen molar-refractivity contribution in [2.75, 3.05) is 65.1 Å². The Morgan fingerprint density at radius 1 is 0.547 bits per heavy atom. The summed E-state index contributed by atoms with van der Waals surface area (Å²) in [5.41, 5.74) is 7.15. The van der Waals surface area contributed by atoms with Gasteiger partial charge in [0.1, 0.15) is 9.75 Å². The summed E-state index contributed by atoms with van der Waals surface area (Å²) >= 11 is 2.70. The summed E-state index contributed by atoms with van der Waals surface area (Å²) in [5, 5.41) is 24.5. The molecule has 17 heteroatoms. The first kappa shape index (κ1) is 49.9. The molecule has 1 aliphatic heterocycles. The van der Waals surface area contributed by atoms with E-state index in [2.05, 4.69) is 46.8 Å². The number of fused-ring (bicyclic) bond motifs is 2. The van der Waals surface area contributed by atoms with Crippen molar-refractivity contribution >= 4 is 90.4 Å². The van der Waals surface area contributed by atoms with Crippen molar-refractivity contribution in [2.45, 2.75) is 32.4 Å². The highest BCUT2D eigenvalue weighted by Gasteiger charge is 2.24. The molecule has 11 rings (SSSR count). The number of nitrogens with zero attached hydrogens (tertiary/aromatic N) is 3. The van der Waals surface area contributed by atoms with E-state index in [9.17, 15) is 28.8 Å². The van der Waals surface area contributed by atoms with Gasteiger partial charge in [-0.2, -0.15) is 0 Å². The number of carbonyl (C=O) groups excluding carboxylic acids is 2. The molecule has 1 saturated heterocycles. The van der Waals surface area contributed by atoms with Gasteiger partial charge in [-0.3, -0.25) is 38.7 Å². The average Bonchev–Trinajstić information content (AvgIpc) is 4.14. The number of thiophene rings is 2. The second-order valence-electron chi connectivity index (χ2n) is 18.0. The third kappa shape index (κ3) is 10.9. The molecule has 376 valence electrons. The van der Waals surface area contributed by atoms with Crippen LogP contribution in [-0.4, -0.2) is 59.9 Å². The molecule has 1 aliphatic rings. The van der Waals surface area contributed by atoms with Crippen LogP contribution in [0.5, 0.6) is 0 Å². The number of likely N-dealkylation sites (tertiary alicyclic amines) is 1. The number of rotatable bonds is 17. The van der Waals surface area contributed by atoms with E-state index >= 15 is 0 Å². The van der Waals surface area contributed by atoms with Crippen LogP contribution in [-0.2, 0) is 13.1 Å². The summed E-state index contributed by atoms with van der Waals surface area (Å²) in [7, 11) is 1.60. The van der Waals surface area contributed by atoms with Gasteiger partial charge in [-0.15, -0.1) is 22.7 Å². The summed E-state index contributed by atoms with van der Waals surface area (Å²) in [6, 6.07) is 37.6. The zero-order valence-electron chi connectivity index (χ0n) is 40.8. The fraction of sp³-hybridized carbons (Fsp3) is 0.172. The van der Waals surface area contributed by atoms with Gasteiger partial charge in [-0.25, -0.2) is 0 Å². The molecule has 0 spiro atoms. The number of para-hydroxylation sites is 2. The van der Waals surface area contributed by atoms with Crippen molar-refractivity contribution in [3.8, 4) is 22.3 Å². The molecule has 4 aromatic heterocycles. The molecule has 2 amide bonds. The Morgan fingerprint density at radius 3 is 1.56 bits per heavy atom. The smallest absolute Gasteiger partial charge is 0.267 e. The van der Waals surface area contributed by atoms with Crippen LogP contribution in [0.25, 0.3) is 44.1 Å². The van der Waals surface area contributed by atoms with Crippen molar-refractivity contribution in [3.05, 3.63) is 206 Å². The lowest BCUT2D eigenvalue weighted by molar-refractivity contribution is 0.102. The van der Waals surface area contributed by atoms with Crippen LogP contribution in [0.15, 0.2) is 164 Å². The average molecular weight is 1030 g/mol. The largest absolute Gasteiger partial charge is 0.384 e. The Balaban J connectivity index is 0.000000174. The van der Waals surface area contributed by atoms with Crippen LogP contribution >= 0.6 is 22.7 Å². The molecule has 0 unspecified atom stereocenters. The Kier molecular flexibility index (Phi) is 15.1. The van der Waals surface area contributed by atoms with E-state index in [1.54, 1.807) is 68.0 Å². The summed E-state index contributed by atoms with van der Waals surface area (Å²) < 4.78 is 0. The predicted molar refractivity (Wildman–Crippen MR) is 305 cm³/mol. The molecule has 0 saturated carbocycles. The molecule has 6 aromatic carbocycles. The SMILES string of the molecule is CNc1c(-c2cccc(NC(=O)c3sccc3NCc3ccnc4ccccc34)c2)c(=O)c1=O.O=C(Nc1cccc(-c2c(NCCN3CCCCC3)c(=O)c2=O)c1)c1sccc1NCc1ccnc2ccccc12. The third-order valence-electron chi connectivity index (χ3n) is 13.2. The van der Waals surface area contributed by atoms with Crippen molar-refractivity contribution in [1.82, 2.24) is 14.9 Å². The highest BCUT2D eigenvalue weighted by Crippen LogP contribution is 2.31. The fourth-order valence-corrected chi connectivity index (χ4v) is 10.9. The van der Waals surface area contributed by atoms with E-state index in [0.29, 0.717) is 74.4 Å². The minimum atomic E-state index is -0.527. The van der Waals surface area contributed by atoms with Gasteiger partial charge in [0.05, 0.1) is 44.9 Å². The van der Waals surface area contributed by atoms with Crippen LogP contribution in [0.3, 0.4) is 0 Å². The minimum absolute atomic E-state index is 0.246. The van der Waals surface area contributed by atoms with E-state index in [0.717, 1.165) is 63.9 Å². The number of pyridine rings is 2. The molecule has 1 fully saturated rings. The van der Waals surface area contributed by atoms with Gasteiger partial charge < -0.3 is 36.8 Å². The number of aromatic nitrogens is 2. The third-order valence-corrected chi connectivity index (χ3v) is 15.1. The molecule has 15 nitrogen and oxygen atoms in total. The Morgan fingerprint density at radius 2 is 1.04 bits per heavy atom. The zero-order chi connectivity index (χ0) is 51.8. The van der Waals surface area contributed by atoms with Gasteiger partial charge in [0, 0.05) is 67.8 Å². The highest BCUT2D eigenvalue weighted by molar-refractivity contribution is 7.13.